The number of thiocarbonyl (C=S) groups is 1. The molecule has 0 bridgehead atoms. The fourth-order valence-electron chi connectivity index (χ4n) is 1.37. The van der Waals surface area contributed by atoms with Crippen LogP contribution in [0.4, 0.5) is 0 Å². The Morgan fingerprint density at radius 2 is 1.44 bits per heavy atom. The van der Waals surface area contributed by atoms with Crippen LogP contribution in [0, 0.1) is 5.92 Å². The molecule has 0 atom stereocenters. The predicted octanol–water partition coefficient (Wildman–Crippen LogP) is 4.90. The van der Waals surface area contributed by atoms with Crippen molar-refractivity contribution in [3.8, 4) is 0 Å². The lowest BCUT2D eigenvalue weighted by Gasteiger charge is -2.32. The number of hydrogen-bond acceptors (Lipinski definition) is 1. The Labute approximate surface area is 109 Å². The van der Waals surface area contributed by atoms with E-state index in [0.717, 1.165) is 12.3 Å². The van der Waals surface area contributed by atoms with Crippen molar-refractivity contribution in [2.24, 2.45) is 5.92 Å². The largest absolute Gasteiger partial charge is 0.364 e. The fourth-order valence-corrected chi connectivity index (χ4v) is 1.82. The summed E-state index contributed by atoms with van der Waals surface area (Å²) in [5, 5.41) is 0. The molecule has 1 saturated heterocycles. The molecular weight excluding hydrogens is 214 g/mol. The van der Waals surface area contributed by atoms with Gasteiger partial charge in [-0.3, -0.25) is 0 Å². The first-order chi connectivity index (χ1) is 7.45. The van der Waals surface area contributed by atoms with Gasteiger partial charge in [0.1, 0.15) is 0 Å². The van der Waals surface area contributed by atoms with E-state index in [2.05, 4.69) is 39.5 Å². The quantitative estimate of drug-likeness (QED) is 0.605. The van der Waals surface area contributed by atoms with Gasteiger partial charge in [0.15, 0.2) is 0 Å². The molecular formula is C14H31NS. The van der Waals surface area contributed by atoms with E-state index in [-0.39, 0.29) is 0 Å². The number of piperidine rings is 1. The molecule has 1 heterocycles. The van der Waals surface area contributed by atoms with Crippen LogP contribution in [0.1, 0.15) is 67.7 Å². The lowest BCUT2D eigenvalue weighted by molar-refractivity contribution is 0.320. The van der Waals surface area contributed by atoms with Crippen LogP contribution in [-0.4, -0.2) is 22.5 Å². The highest BCUT2D eigenvalue weighted by Crippen LogP contribution is 2.14. The number of nitrogens with zero attached hydrogens (tertiary/aromatic N) is 1. The number of likely N-dealkylation sites (tertiary alicyclic amines) is 1. The van der Waals surface area contributed by atoms with E-state index in [9.17, 15) is 0 Å². The summed E-state index contributed by atoms with van der Waals surface area (Å²) in [5.41, 5.74) is 0. The van der Waals surface area contributed by atoms with Crippen molar-refractivity contribution in [2.45, 2.75) is 73.8 Å². The second-order valence-electron chi connectivity index (χ2n) is 4.87. The Balaban J connectivity index is 0. The molecule has 1 aliphatic rings. The van der Waals surface area contributed by atoms with Gasteiger partial charge < -0.3 is 4.90 Å². The molecule has 1 nitrogen and oxygen atoms in total. The third kappa shape index (κ3) is 10.4. The topological polar surface area (TPSA) is 3.24 Å². The molecule has 1 aliphatic heterocycles. The maximum absolute atomic E-state index is 5.23. The van der Waals surface area contributed by atoms with E-state index in [1.54, 1.807) is 0 Å². The Bertz CT molecular complexity index is 161. The zero-order chi connectivity index (χ0) is 13.1. The number of hydrogen-bond donors (Lipinski definition) is 0. The smallest absolute Gasteiger partial charge is 0.0781 e. The molecule has 2 heteroatoms. The van der Waals surface area contributed by atoms with Crippen molar-refractivity contribution >= 4 is 17.2 Å². The minimum Gasteiger partial charge on any atom is -0.364 e. The Kier molecular flexibility index (Phi) is 13.0. The molecule has 0 spiro atoms. The van der Waals surface area contributed by atoms with Gasteiger partial charge in [0.05, 0.1) is 4.99 Å². The molecule has 0 aromatic carbocycles. The second kappa shape index (κ2) is 11.4. The summed E-state index contributed by atoms with van der Waals surface area (Å²) in [4.78, 5) is 3.50. The van der Waals surface area contributed by atoms with Gasteiger partial charge in [-0.1, -0.05) is 46.8 Å². The summed E-state index contributed by atoms with van der Waals surface area (Å²) in [6, 6.07) is 0.604. The van der Waals surface area contributed by atoms with Crippen molar-refractivity contribution < 1.29 is 0 Å². The van der Waals surface area contributed by atoms with Crippen molar-refractivity contribution in [3.05, 3.63) is 0 Å². The van der Waals surface area contributed by atoms with Gasteiger partial charge in [-0.2, -0.15) is 0 Å². The van der Waals surface area contributed by atoms with Gasteiger partial charge in [-0.15, -0.1) is 0 Å². The van der Waals surface area contributed by atoms with Crippen LogP contribution in [0.3, 0.4) is 0 Å². The SMILES string of the molecule is CC.CC(C)C.CC(C)N1CCCCC1=S. The van der Waals surface area contributed by atoms with Crippen LogP contribution < -0.4 is 0 Å². The zero-order valence-corrected chi connectivity index (χ0v) is 13.2. The van der Waals surface area contributed by atoms with Gasteiger partial charge in [-0.25, -0.2) is 0 Å². The summed E-state index contributed by atoms with van der Waals surface area (Å²) in [7, 11) is 0. The monoisotopic (exact) mass is 245 g/mol. The molecule has 1 fully saturated rings. The molecule has 0 aromatic heterocycles. The highest BCUT2D eigenvalue weighted by atomic mass is 32.1. The van der Waals surface area contributed by atoms with Crippen LogP contribution in [0.15, 0.2) is 0 Å². The maximum atomic E-state index is 5.23. The van der Waals surface area contributed by atoms with Crippen molar-refractivity contribution in [2.75, 3.05) is 6.54 Å². The first-order valence-corrected chi connectivity index (χ1v) is 7.15. The van der Waals surface area contributed by atoms with Crippen LogP contribution in [0.2, 0.25) is 0 Å². The van der Waals surface area contributed by atoms with E-state index < -0.39 is 0 Å². The molecule has 0 unspecified atom stereocenters. The van der Waals surface area contributed by atoms with E-state index in [0.29, 0.717) is 6.04 Å². The molecule has 98 valence electrons. The van der Waals surface area contributed by atoms with Crippen molar-refractivity contribution in [1.29, 1.82) is 0 Å². The third-order valence-corrected chi connectivity index (χ3v) is 2.42. The Morgan fingerprint density at radius 1 is 1.00 bits per heavy atom. The van der Waals surface area contributed by atoms with Crippen LogP contribution in [0.5, 0.6) is 0 Å². The normalized spacial score (nSPS) is 15.3. The zero-order valence-electron chi connectivity index (χ0n) is 12.3. The summed E-state index contributed by atoms with van der Waals surface area (Å²) in [6.07, 6.45) is 3.74. The van der Waals surface area contributed by atoms with E-state index in [1.165, 1.54) is 24.4 Å². The van der Waals surface area contributed by atoms with Gasteiger partial charge in [0.25, 0.3) is 0 Å². The fraction of sp³-hybridized carbons (Fsp3) is 0.929. The molecule has 0 N–H and O–H groups in total. The Morgan fingerprint density at radius 3 is 1.69 bits per heavy atom. The van der Waals surface area contributed by atoms with E-state index in [4.69, 9.17) is 12.2 Å². The third-order valence-electron chi connectivity index (χ3n) is 1.98. The maximum Gasteiger partial charge on any atom is 0.0781 e. The summed E-state index contributed by atoms with van der Waals surface area (Å²) in [6.45, 7) is 16.1. The molecule has 0 amide bonds. The highest BCUT2D eigenvalue weighted by Gasteiger charge is 2.16. The minimum atomic E-state index is 0.604. The first kappa shape index (κ1) is 18.3. The average Bonchev–Trinajstić information content (AvgIpc) is 2.20. The molecule has 0 radical (unpaired) electrons. The molecule has 0 saturated carbocycles. The van der Waals surface area contributed by atoms with E-state index in [1.807, 2.05) is 13.8 Å². The van der Waals surface area contributed by atoms with Gasteiger partial charge in [-0.05, 0) is 39.0 Å². The predicted molar refractivity (Wildman–Crippen MR) is 80.2 cm³/mol. The van der Waals surface area contributed by atoms with Crippen LogP contribution in [-0.2, 0) is 0 Å². The average molecular weight is 245 g/mol. The molecule has 0 aliphatic carbocycles. The van der Waals surface area contributed by atoms with Gasteiger partial charge in [0, 0.05) is 12.6 Å². The van der Waals surface area contributed by atoms with Gasteiger partial charge >= 0.3 is 0 Å². The van der Waals surface area contributed by atoms with Crippen molar-refractivity contribution in [1.82, 2.24) is 4.90 Å². The summed E-state index contributed by atoms with van der Waals surface area (Å²) in [5.74, 6) is 0.833. The standard InChI is InChI=1S/C8H15NS.C4H10.C2H6/c1-7(2)9-6-4-3-5-8(9)10;1-4(2)3;1-2/h7H,3-6H2,1-2H3;4H,1-3H3;1-2H3. The molecule has 1 rings (SSSR count). The molecule has 0 aromatic rings. The van der Waals surface area contributed by atoms with Crippen LogP contribution in [0.25, 0.3) is 0 Å². The summed E-state index contributed by atoms with van der Waals surface area (Å²) < 4.78 is 0. The first-order valence-electron chi connectivity index (χ1n) is 6.74. The van der Waals surface area contributed by atoms with Crippen LogP contribution >= 0.6 is 12.2 Å². The van der Waals surface area contributed by atoms with Gasteiger partial charge in [0.2, 0.25) is 0 Å². The van der Waals surface area contributed by atoms with Crippen molar-refractivity contribution in [3.63, 3.8) is 0 Å². The lowest BCUT2D eigenvalue weighted by atomic mass is 10.1. The Hall–Kier alpha value is -0.110. The second-order valence-corrected chi connectivity index (χ2v) is 5.34. The van der Waals surface area contributed by atoms with E-state index >= 15 is 0 Å². The lowest BCUT2D eigenvalue weighted by Crippen LogP contribution is -2.39. The summed E-state index contributed by atoms with van der Waals surface area (Å²) >= 11 is 5.23. The number of rotatable bonds is 1. The molecule has 16 heavy (non-hydrogen) atoms. The highest BCUT2D eigenvalue weighted by molar-refractivity contribution is 7.80. The minimum absolute atomic E-state index is 0.604.